The molecule has 11 heavy (non-hydrogen) atoms. The minimum Gasteiger partial charge on any atom is -0.369 e. The van der Waals surface area contributed by atoms with Crippen LogP contribution in [0.15, 0.2) is 30.3 Å². The predicted molar refractivity (Wildman–Crippen MR) is 43.7 cm³/mol. The lowest BCUT2D eigenvalue weighted by Gasteiger charge is -2.05. The molecule has 0 aliphatic carbocycles. The van der Waals surface area contributed by atoms with E-state index in [0.29, 0.717) is 0 Å². The zero-order valence-corrected chi connectivity index (χ0v) is 6.16. The smallest absolute Gasteiger partial charge is 0.224 e. The van der Waals surface area contributed by atoms with Gasteiger partial charge in [-0.05, 0) is 12.5 Å². The largest absolute Gasteiger partial charge is 0.369 e. The quantitative estimate of drug-likeness (QED) is 0.670. The van der Waals surface area contributed by atoms with E-state index in [-0.39, 0.29) is 0 Å². The van der Waals surface area contributed by atoms with E-state index < -0.39 is 11.8 Å². The van der Waals surface area contributed by atoms with Crippen LogP contribution < -0.4 is 5.73 Å². The van der Waals surface area contributed by atoms with Crippen LogP contribution in [0.1, 0.15) is 11.5 Å². The first-order valence-electron chi connectivity index (χ1n) is 3.39. The van der Waals surface area contributed by atoms with Crippen molar-refractivity contribution in [3.05, 3.63) is 42.8 Å². The Morgan fingerprint density at radius 3 is 2.36 bits per heavy atom. The molecule has 1 radical (unpaired) electrons. The molecule has 2 heteroatoms. The summed E-state index contributed by atoms with van der Waals surface area (Å²) in [4.78, 5) is 10.7. The molecule has 0 aromatic heterocycles. The third-order valence-corrected chi connectivity index (χ3v) is 1.55. The Bertz CT molecular complexity index is 243. The monoisotopic (exact) mass is 148 g/mol. The van der Waals surface area contributed by atoms with Crippen molar-refractivity contribution in [3.8, 4) is 0 Å². The highest BCUT2D eigenvalue weighted by Gasteiger charge is 2.09. The molecule has 57 valence electrons. The Hall–Kier alpha value is -1.31. The highest BCUT2D eigenvalue weighted by atomic mass is 16.1. The molecular formula is C9H10NO. The zero-order valence-electron chi connectivity index (χ0n) is 6.16. The Labute approximate surface area is 66.0 Å². The Morgan fingerprint density at radius 2 is 1.91 bits per heavy atom. The highest BCUT2D eigenvalue weighted by molar-refractivity contribution is 5.82. The molecular weight excluding hydrogens is 138 g/mol. The van der Waals surface area contributed by atoms with Crippen LogP contribution in [0.4, 0.5) is 0 Å². The summed E-state index contributed by atoms with van der Waals surface area (Å²) in [7, 11) is 0. The van der Waals surface area contributed by atoms with Crippen molar-refractivity contribution in [3.63, 3.8) is 0 Å². The van der Waals surface area contributed by atoms with E-state index in [4.69, 9.17) is 5.73 Å². The summed E-state index contributed by atoms with van der Waals surface area (Å²) in [6, 6.07) is 9.27. The molecule has 0 fully saturated rings. The van der Waals surface area contributed by atoms with Crippen molar-refractivity contribution >= 4 is 5.91 Å². The van der Waals surface area contributed by atoms with E-state index in [1.165, 1.54) is 0 Å². The first-order valence-corrected chi connectivity index (χ1v) is 3.39. The fourth-order valence-corrected chi connectivity index (χ4v) is 0.850. The lowest BCUT2D eigenvalue weighted by Crippen LogP contribution is -2.18. The van der Waals surface area contributed by atoms with Gasteiger partial charge in [-0.25, -0.2) is 0 Å². The van der Waals surface area contributed by atoms with Gasteiger partial charge in [-0.2, -0.15) is 0 Å². The van der Waals surface area contributed by atoms with E-state index >= 15 is 0 Å². The van der Waals surface area contributed by atoms with E-state index in [9.17, 15) is 4.79 Å². The number of amides is 1. The van der Waals surface area contributed by atoms with Gasteiger partial charge < -0.3 is 5.73 Å². The van der Waals surface area contributed by atoms with Crippen LogP contribution in [-0.2, 0) is 4.79 Å². The number of nitrogens with two attached hydrogens (primary N) is 1. The fourth-order valence-electron chi connectivity index (χ4n) is 0.850. The molecule has 0 aliphatic rings. The lowest BCUT2D eigenvalue weighted by molar-refractivity contribution is -0.118. The number of hydrogen-bond acceptors (Lipinski definition) is 1. The summed E-state index contributed by atoms with van der Waals surface area (Å²) in [6.07, 6.45) is 0. The van der Waals surface area contributed by atoms with E-state index in [0.717, 1.165) is 5.56 Å². The van der Waals surface area contributed by atoms with Gasteiger partial charge in [0, 0.05) is 0 Å². The van der Waals surface area contributed by atoms with Crippen molar-refractivity contribution in [2.75, 3.05) is 0 Å². The molecule has 0 saturated heterocycles. The number of primary amides is 1. The summed E-state index contributed by atoms with van der Waals surface area (Å²) < 4.78 is 0. The second kappa shape index (κ2) is 3.19. The maximum absolute atomic E-state index is 10.7. The molecule has 1 aromatic carbocycles. The normalized spacial score (nSPS) is 12.5. The molecule has 1 unspecified atom stereocenters. The van der Waals surface area contributed by atoms with Gasteiger partial charge in [-0.15, -0.1) is 0 Å². The molecule has 1 rings (SSSR count). The Kier molecular flexibility index (Phi) is 2.26. The van der Waals surface area contributed by atoms with Crippen LogP contribution in [0.3, 0.4) is 0 Å². The Morgan fingerprint density at radius 1 is 1.36 bits per heavy atom. The topological polar surface area (TPSA) is 43.1 Å². The van der Waals surface area contributed by atoms with Crippen LogP contribution in [0.25, 0.3) is 0 Å². The number of rotatable bonds is 2. The lowest BCUT2D eigenvalue weighted by atomic mass is 10.0. The van der Waals surface area contributed by atoms with Gasteiger partial charge in [0.15, 0.2) is 0 Å². The molecule has 2 nitrogen and oxygen atoms in total. The van der Waals surface area contributed by atoms with E-state index in [2.05, 4.69) is 6.92 Å². The summed E-state index contributed by atoms with van der Waals surface area (Å²) in [6.45, 7) is 3.63. The first kappa shape index (κ1) is 7.79. The standard InChI is InChI=1S/C9H10NO/c1-7(9(10)11)8-5-3-2-4-6-8/h2-7H,1H2,(H2,10,11). The van der Waals surface area contributed by atoms with Gasteiger partial charge in [-0.3, -0.25) is 4.79 Å². The van der Waals surface area contributed by atoms with Gasteiger partial charge >= 0.3 is 0 Å². The summed E-state index contributed by atoms with van der Waals surface area (Å²) in [5.41, 5.74) is 5.93. The predicted octanol–water partition coefficient (Wildman–Crippen LogP) is 1.09. The average molecular weight is 148 g/mol. The van der Waals surface area contributed by atoms with E-state index in [1.54, 1.807) is 0 Å². The third kappa shape index (κ3) is 1.80. The number of benzene rings is 1. The number of carbonyl (C=O) groups is 1. The minimum atomic E-state index is -0.434. The highest BCUT2D eigenvalue weighted by Crippen LogP contribution is 2.12. The molecule has 0 aliphatic heterocycles. The molecule has 0 heterocycles. The van der Waals surface area contributed by atoms with E-state index in [1.807, 2.05) is 30.3 Å². The van der Waals surface area contributed by atoms with Gasteiger partial charge in [0.1, 0.15) is 0 Å². The maximum Gasteiger partial charge on any atom is 0.224 e. The molecule has 0 bridgehead atoms. The fraction of sp³-hybridized carbons (Fsp3) is 0.111. The summed E-state index contributed by atoms with van der Waals surface area (Å²) in [5, 5.41) is 0. The Balaban J connectivity index is 2.85. The van der Waals surface area contributed by atoms with Crippen LogP contribution in [0.5, 0.6) is 0 Å². The summed E-state index contributed by atoms with van der Waals surface area (Å²) >= 11 is 0. The van der Waals surface area contributed by atoms with Crippen molar-refractivity contribution < 1.29 is 4.79 Å². The maximum atomic E-state index is 10.7. The van der Waals surface area contributed by atoms with Crippen LogP contribution in [0, 0.1) is 6.92 Å². The van der Waals surface area contributed by atoms with Gasteiger partial charge in [0.2, 0.25) is 5.91 Å². The van der Waals surface area contributed by atoms with Crippen LogP contribution in [0.2, 0.25) is 0 Å². The molecule has 0 spiro atoms. The third-order valence-electron chi connectivity index (χ3n) is 1.55. The van der Waals surface area contributed by atoms with Gasteiger partial charge in [-0.1, -0.05) is 30.3 Å². The SMILES string of the molecule is [CH2]C(C(N)=O)c1ccccc1. The second-order valence-corrected chi connectivity index (χ2v) is 2.37. The van der Waals surface area contributed by atoms with Crippen LogP contribution in [-0.4, -0.2) is 5.91 Å². The van der Waals surface area contributed by atoms with Crippen molar-refractivity contribution in [2.24, 2.45) is 5.73 Å². The molecule has 1 aromatic rings. The minimum absolute atomic E-state index is 0.392. The van der Waals surface area contributed by atoms with Crippen LogP contribution >= 0.6 is 0 Å². The number of carbonyl (C=O) groups excluding carboxylic acids is 1. The summed E-state index contributed by atoms with van der Waals surface area (Å²) in [5.74, 6) is -0.826. The molecule has 1 amide bonds. The van der Waals surface area contributed by atoms with Gasteiger partial charge in [0.25, 0.3) is 0 Å². The first-order chi connectivity index (χ1) is 5.22. The molecule has 1 atom stereocenters. The average Bonchev–Trinajstić information content (AvgIpc) is 2.05. The second-order valence-electron chi connectivity index (χ2n) is 2.37. The van der Waals surface area contributed by atoms with Crippen molar-refractivity contribution in [2.45, 2.75) is 5.92 Å². The zero-order chi connectivity index (χ0) is 8.27. The molecule has 0 saturated carbocycles. The van der Waals surface area contributed by atoms with Crippen molar-refractivity contribution in [1.29, 1.82) is 0 Å². The van der Waals surface area contributed by atoms with Crippen molar-refractivity contribution in [1.82, 2.24) is 0 Å². The molecule has 2 N–H and O–H groups in total. The van der Waals surface area contributed by atoms with Gasteiger partial charge in [0.05, 0.1) is 5.92 Å². The number of hydrogen-bond donors (Lipinski definition) is 1.